The smallest absolute Gasteiger partial charge is 0.290 e. The Kier molecular flexibility index (Phi) is 10.6. The summed E-state index contributed by atoms with van der Waals surface area (Å²) in [5, 5.41) is 0.484. The van der Waals surface area contributed by atoms with Crippen LogP contribution in [0.15, 0.2) is 51.7 Å². The Morgan fingerprint density at radius 3 is 2.27 bits per heavy atom. The van der Waals surface area contributed by atoms with Gasteiger partial charge in [-0.1, -0.05) is 58.2 Å². The third-order valence-corrected chi connectivity index (χ3v) is 7.66. The van der Waals surface area contributed by atoms with E-state index >= 15 is 0 Å². The lowest BCUT2D eigenvalue weighted by molar-refractivity contribution is 0.0719. The molecule has 1 aliphatic heterocycles. The molecule has 0 saturated heterocycles. The van der Waals surface area contributed by atoms with Gasteiger partial charge in [0.15, 0.2) is 16.9 Å². The highest BCUT2D eigenvalue weighted by Gasteiger charge is 2.42. The lowest BCUT2D eigenvalue weighted by atomic mass is 9.98. The second-order valence-electron chi connectivity index (χ2n) is 10.6. The minimum absolute atomic E-state index is 0.143. The van der Waals surface area contributed by atoms with Gasteiger partial charge in [0.05, 0.1) is 30.7 Å². The molecule has 0 saturated carbocycles. The summed E-state index contributed by atoms with van der Waals surface area (Å²) in [4.78, 5) is 31.9. The fraction of sp³-hybridized carbons (Fsp3) is 0.515. The molecule has 0 fully saturated rings. The number of carbonyl (C=O) groups is 1. The molecular weight excluding hydrogens is 504 g/mol. The van der Waals surface area contributed by atoms with E-state index in [-0.39, 0.29) is 17.1 Å². The van der Waals surface area contributed by atoms with E-state index in [2.05, 4.69) is 25.7 Å². The Balaban J connectivity index is 1.68. The molecule has 2 heterocycles. The maximum Gasteiger partial charge on any atom is 0.290 e. The summed E-state index contributed by atoms with van der Waals surface area (Å²) in [6.07, 6.45) is 7.44. The topological polar surface area (TPSA) is 72.2 Å². The first-order valence-corrected chi connectivity index (χ1v) is 14.9. The van der Waals surface area contributed by atoms with Gasteiger partial charge in [-0.3, -0.25) is 9.59 Å². The van der Waals surface area contributed by atoms with Crippen molar-refractivity contribution in [1.29, 1.82) is 0 Å². The van der Waals surface area contributed by atoms with Crippen LogP contribution >= 0.6 is 0 Å². The van der Waals surface area contributed by atoms with Crippen molar-refractivity contribution < 1.29 is 18.7 Å². The van der Waals surface area contributed by atoms with Crippen molar-refractivity contribution >= 4 is 16.9 Å². The van der Waals surface area contributed by atoms with E-state index in [0.717, 1.165) is 70.1 Å². The lowest BCUT2D eigenvalue weighted by Gasteiger charge is -2.28. The van der Waals surface area contributed by atoms with Gasteiger partial charge < -0.3 is 23.7 Å². The highest BCUT2D eigenvalue weighted by atomic mass is 16.5. The number of fused-ring (bicyclic) bond motifs is 2. The predicted molar refractivity (Wildman–Crippen MR) is 160 cm³/mol. The third-order valence-electron chi connectivity index (χ3n) is 7.66. The van der Waals surface area contributed by atoms with Gasteiger partial charge in [0.2, 0.25) is 5.76 Å². The Labute approximate surface area is 238 Å². The SMILES string of the molecule is CCCCOc1ccc(C2c3c(oc4ccccc4c3=O)C(=O)N2CCCN(CCCC)CCCC)cc1OC. The van der Waals surface area contributed by atoms with Crippen LogP contribution in [0.5, 0.6) is 11.5 Å². The van der Waals surface area contributed by atoms with Crippen molar-refractivity contribution in [3.8, 4) is 11.5 Å². The number of carbonyl (C=O) groups excluding carboxylic acids is 1. The summed E-state index contributed by atoms with van der Waals surface area (Å²) in [7, 11) is 1.61. The Hall–Kier alpha value is -3.32. The standard InChI is InChI=1S/C33H44N2O5/c1-5-8-18-34(19-9-6-2)20-13-21-35-30(24-16-17-27(28(23-24)38-4)39-22-10-7-3)29-31(36)25-14-11-12-15-26(25)40-32(29)33(35)37/h11-12,14-17,23,30H,5-10,13,18-22H2,1-4H3. The normalized spacial score (nSPS) is 14.8. The fourth-order valence-electron chi connectivity index (χ4n) is 5.41. The quantitative estimate of drug-likeness (QED) is 0.183. The number of methoxy groups -OCH3 is 1. The maximum atomic E-state index is 13.8. The van der Waals surface area contributed by atoms with Gasteiger partial charge in [-0.15, -0.1) is 0 Å². The first-order valence-electron chi connectivity index (χ1n) is 14.9. The van der Waals surface area contributed by atoms with Crippen LogP contribution < -0.4 is 14.9 Å². The summed E-state index contributed by atoms with van der Waals surface area (Å²) in [5.74, 6) is 1.15. The Morgan fingerprint density at radius 1 is 0.875 bits per heavy atom. The molecule has 1 aliphatic rings. The van der Waals surface area contributed by atoms with E-state index in [1.807, 2.05) is 30.3 Å². The first-order chi connectivity index (χ1) is 19.5. The second kappa shape index (κ2) is 14.4. The van der Waals surface area contributed by atoms with Gasteiger partial charge >= 0.3 is 0 Å². The zero-order valence-electron chi connectivity index (χ0n) is 24.5. The lowest BCUT2D eigenvalue weighted by Crippen LogP contribution is -2.34. The number of ether oxygens (including phenoxy) is 2. The molecule has 3 aromatic rings. The Bertz CT molecular complexity index is 1330. The molecule has 7 heteroatoms. The molecule has 2 aromatic carbocycles. The van der Waals surface area contributed by atoms with E-state index < -0.39 is 6.04 Å². The average molecular weight is 549 g/mol. The number of unbranched alkanes of at least 4 members (excludes halogenated alkanes) is 3. The minimum Gasteiger partial charge on any atom is -0.493 e. The molecule has 0 N–H and O–H groups in total. The van der Waals surface area contributed by atoms with E-state index in [4.69, 9.17) is 13.9 Å². The van der Waals surface area contributed by atoms with Gasteiger partial charge in [0, 0.05) is 6.54 Å². The highest BCUT2D eigenvalue weighted by molar-refractivity contribution is 5.99. The molecule has 7 nitrogen and oxygen atoms in total. The fourth-order valence-corrected chi connectivity index (χ4v) is 5.41. The van der Waals surface area contributed by atoms with Crippen molar-refractivity contribution in [2.24, 2.45) is 0 Å². The van der Waals surface area contributed by atoms with Crippen molar-refractivity contribution in [3.63, 3.8) is 0 Å². The van der Waals surface area contributed by atoms with Gasteiger partial charge in [-0.2, -0.15) is 0 Å². The van der Waals surface area contributed by atoms with Crippen LogP contribution in [0.3, 0.4) is 0 Å². The summed E-state index contributed by atoms with van der Waals surface area (Å²) in [5.41, 5.74) is 1.48. The molecule has 1 atom stereocenters. The summed E-state index contributed by atoms with van der Waals surface area (Å²) in [6, 6.07) is 12.3. The third kappa shape index (κ3) is 6.52. The molecule has 0 bridgehead atoms. The summed E-state index contributed by atoms with van der Waals surface area (Å²) in [6.45, 7) is 10.7. The number of nitrogens with zero attached hydrogens (tertiary/aromatic N) is 2. The minimum atomic E-state index is -0.554. The largest absolute Gasteiger partial charge is 0.493 e. The van der Waals surface area contributed by atoms with Crippen molar-refractivity contribution in [1.82, 2.24) is 9.80 Å². The molecule has 1 amide bonds. The van der Waals surface area contributed by atoms with E-state index in [0.29, 0.717) is 41.2 Å². The second-order valence-corrected chi connectivity index (χ2v) is 10.6. The number of rotatable bonds is 16. The zero-order chi connectivity index (χ0) is 28.5. The van der Waals surface area contributed by atoms with Crippen LogP contribution in [0.1, 0.15) is 93.4 Å². The van der Waals surface area contributed by atoms with Crippen molar-refractivity contribution in [3.05, 3.63) is 69.6 Å². The van der Waals surface area contributed by atoms with Crippen molar-refractivity contribution in [2.75, 3.05) is 39.9 Å². The van der Waals surface area contributed by atoms with E-state index in [9.17, 15) is 9.59 Å². The van der Waals surface area contributed by atoms with Crippen LogP contribution in [0.2, 0.25) is 0 Å². The van der Waals surface area contributed by atoms with Crippen LogP contribution in [-0.2, 0) is 0 Å². The van der Waals surface area contributed by atoms with Gasteiger partial charge in [-0.05, 0) is 75.1 Å². The van der Waals surface area contributed by atoms with Gasteiger partial charge in [0.25, 0.3) is 5.91 Å². The molecule has 216 valence electrons. The molecule has 0 aliphatic carbocycles. The zero-order valence-corrected chi connectivity index (χ0v) is 24.5. The summed E-state index contributed by atoms with van der Waals surface area (Å²) < 4.78 is 17.7. The molecule has 0 spiro atoms. The first kappa shape index (κ1) is 29.7. The number of amides is 1. The average Bonchev–Trinajstić information content (AvgIpc) is 3.25. The van der Waals surface area contributed by atoms with Crippen molar-refractivity contribution in [2.45, 2.75) is 71.8 Å². The van der Waals surface area contributed by atoms with E-state index in [1.165, 1.54) is 0 Å². The van der Waals surface area contributed by atoms with Gasteiger partial charge in [-0.25, -0.2) is 0 Å². The van der Waals surface area contributed by atoms with Crippen LogP contribution in [0.4, 0.5) is 0 Å². The Morgan fingerprint density at radius 2 is 1.57 bits per heavy atom. The van der Waals surface area contributed by atoms with Crippen LogP contribution in [0, 0.1) is 0 Å². The highest BCUT2D eigenvalue weighted by Crippen LogP contribution is 2.41. The number of para-hydroxylation sites is 1. The number of benzene rings is 2. The summed E-state index contributed by atoms with van der Waals surface area (Å²) >= 11 is 0. The molecule has 1 aromatic heterocycles. The molecule has 4 rings (SSSR count). The molecule has 0 radical (unpaired) electrons. The molecule has 40 heavy (non-hydrogen) atoms. The van der Waals surface area contributed by atoms with Crippen LogP contribution in [-0.4, -0.2) is 55.6 Å². The number of hydrogen-bond acceptors (Lipinski definition) is 6. The number of hydrogen-bond donors (Lipinski definition) is 0. The maximum absolute atomic E-state index is 13.8. The monoisotopic (exact) mass is 548 g/mol. The van der Waals surface area contributed by atoms with E-state index in [1.54, 1.807) is 24.1 Å². The molecule has 1 unspecified atom stereocenters. The molecular formula is C33H44N2O5. The predicted octanol–water partition coefficient (Wildman–Crippen LogP) is 6.82. The van der Waals surface area contributed by atoms with Gasteiger partial charge in [0.1, 0.15) is 5.58 Å². The van der Waals surface area contributed by atoms with Crippen LogP contribution in [0.25, 0.3) is 11.0 Å².